The number of nitrogens with zero attached hydrogens (tertiary/aromatic N) is 2. The standard InChI is InChI=1S/C14H28N2/c1-3-9-15-11-7-14(8-12-15)16-10-5-4-6-13(16)2/h13-14H,3-12H2,1-2H3/t13-/m1/s1. The lowest BCUT2D eigenvalue weighted by molar-refractivity contribution is 0.0576. The van der Waals surface area contributed by atoms with Crippen LogP contribution in [0.25, 0.3) is 0 Å². The Morgan fingerprint density at radius 1 is 1.00 bits per heavy atom. The first kappa shape index (κ1) is 12.4. The Balaban J connectivity index is 1.79. The van der Waals surface area contributed by atoms with E-state index in [2.05, 4.69) is 23.6 Å². The predicted molar refractivity (Wildman–Crippen MR) is 69.8 cm³/mol. The summed E-state index contributed by atoms with van der Waals surface area (Å²) in [6, 6.07) is 1.74. The molecular formula is C14H28N2. The lowest BCUT2D eigenvalue weighted by Crippen LogP contribution is -2.50. The van der Waals surface area contributed by atoms with Gasteiger partial charge in [0.25, 0.3) is 0 Å². The van der Waals surface area contributed by atoms with Gasteiger partial charge in [-0.2, -0.15) is 0 Å². The first-order chi connectivity index (χ1) is 7.81. The van der Waals surface area contributed by atoms with Gasteiger partial charge in [0.1, 0.15) is 0 Å². The van der Waals surface area contributed by atoms with E-state index in [9.17, 15) is 0 Å². The molecule has 2 aliphatic rings. The van der Waals surface area contributed by atoms with E-state index in [1.165, 1.54) is 64.7 Å². The van der Waals surface area contributed by atoms with Gasteiger partial charge in [0.2, 0.25) is 0 Å². The Morgan fingerprint density at radius 2 is 1.75 bits per heavy atom. The third kappa shape index (κ3) is 2.98. The number of hydrogen-bond acceptors (Lipinski definition) is 2. The van der Waals surface area contributed by atoms with E-state index < -0.39 is 0 Å². The van der Waals surface area contributed by atoms with Crippen LogP contribution in [0.3, 0.4) is 0 Å². The van der Waals surface area contributed by atoms with Crippen molar-refractivity contribution in [3.05, 3.63) is 0 Å². The van der Waals surface area contributed by atoms with Crippen molar-refractivity contribution in [1.29, 1.82) is 0 Å². The highest BCUT2D eigenvalue weighted by Crippen LogP contribution is 2.24. The molecule has 0 spiro atoms. The Morgan fingerprint density at radius 3 is 2.38 bits per heavy atom. The van der Waals surface area contributed by atoms with Gasteiger partial charge in [0.05, 0.1) is 0 Å². The molecule has 2 rings (SSSR count). The van der Waals surface area contributed by atoms with E-state index in [0.717, 1.165) is 12.1 Å². The molecule has 0 radical (unpaired) electrons. The molecule has 2 heterocycles. The molecule has 16 heavy (non-hydrogen) atoms. The summed E-state index contributed by atoms with van der Waals surface area (Å²) in [4.78, 5) is 5.44. The molecule has 0 aromatic rings. The predicted octanol–water partition coefficient (Wildman–Crippen LogP) is 2.74. The molecule has 0 aromatic carbocycles. The van der Waals surface area contributed by atoms with E-state index >= 15 is 0 Å². The van der Waals surface area contributed by atoms with Gasteiger partial charge in [0, 0.05) is 12.1 Å². The lowest BCUT2D eigenvalue weighted by atomic mass is 9.96. The smallest absolute Gasteiger partial charge is 0.0122 e. The molecule has 0 amide bonds. The molecule has 2 fully saturated rings. The van der Waals surface area contributed by atoms with Crippen molar-refractivity contribution in [3.8, 4) is 0 Å². The van der Waals surface area contributed by atoms with Crippen molar-refractivity contribution < 1.29 is 0 Å². The summed E-state index contributed by atoms with van der Waals surface area (Å²) in [5.41, 5.74) is 0. The van der Waals surface area contributed by atoms with Crippen molar-refractivity contribution in [2.24, 2.45) is 0 Å². The summed E-state index contributed by atoms with van der Waals surface area (Å²) in [6.07, 6.45) is 8.43. The maximum atomic E-state index is 2.80. The average molecular weight is 224 g/mol. The van der Waals surface area contributed by atoms with Gasteiger partial charge in [-0.3, -0.25) is 4.90 Å². The summed E-state index contributed by atoms with van der Waals surface area (Å²) in [5.74, 6) is 0. The molecule has 2 aliphatic heterocycles. The fourth-order valence-corrected chi connectivity index (χ4v) is 3.45. The van der Waals surface area contributed by atoms with Crippen molar-refractivity contribution in [1.82, 2.24) is 9.80 Å². The van der Waals surface area contributed by atoms with Crippen molar-refractivity contribution in [3.63, 3.8) is 0 Å². The summed E-state index contributed by atoms with van der Waals surface area (Å²) >= 11 is 0. The Labute approximate surface area is 101 Å². The van der Waals surface area contributed by atoms with E-state index in [0.29, 0.717) is 0 Å². The van der Waals surface area contributed by atoms with Gasteiger partial charge >= 0.3 is 0 Å². The maximum absolute atomic E-state index is 2.80. The highest BCUT2D eigenvalue weighted by molar-refractivity contribution is 4.84. The molecule has 0 aromatic heterocycles. The van der Waals surface area contributed by atoms with E-state index in [1.54, 1.807) is 0 Å². The molecule has 0 N–H and O–H groups in total. The van der Waals surface area contributed by atoms with E-state index in [1.807, 2.05) is 0 Å². The second-order valence-corrected chi connectivity index (χ2v) is 5.66. The Bertz CT molecular complexity index is 197. The van der Waals surface area contributed by atoms with E-state index in [4.69, 9.17) is 0 Å². The van der Waals surface area contributed by atoms with Crippen LogP contribution in [0.5, 0.6) is 0 Å². The first-order valence-corrected chi connectivity index (χ1v) is 7.29. The summed E-state index contributed by atoms with van der Waals surface area (Å²) in [6.45, 7) is 10.1. The molecule has 1 atom stereocenters. The van der Waals surface area contributed by atoms with Gasteiger partial charge in [-0.15, -0.1) is 0 Å². The third-order valence-corrected chi connectivity index (χ3v) is 4.42. The summed E-state index contributed by atoms with van der Waals surface area (Å²) < 4.78 is 0. The molecular weight excluding hydrogens is 196 g/mol. The molecule has 2 nitrogen and oxygen atoms in total. The van der Waals surface area contributed by atoms with Crippen LogP contribution in [0, 0.1) is 0 Å². The first-order valence-electron chi connectivity index (χ1n) is 7.29. The van der Waals surface area contributed by atoms with E-state index in [-0.39, 0.29) is 0 Å². The van der Waals surface area contributed by atoms with Crippen LogP contribution in [-0.2, 0) is 0 Å². The SMILES string of the molecule is CCCN1CCC(N2CCCC[C@H]2C)CC1. The maximum Gasteiger partial charge on any atom is 0.0122 e. The fraction of sp³-hybridized carbons (Fsp3) is 1.00. The van der Waals surface area contributed by atoms with Crippen LogP contribution >= 0.6 is 0 Å². The highest BCUT2D eigenvalue weighted by Gasteiger charge is 2.28. The lowest BCUT2D eigenvalue weighted by Gasteiger charge is -2.43. The molecule has 94 valence electrons. The second kappa shape index (κ2) is 6.02. The van der Waals surface area contributed by atoms with Crippen molar-refractivity contribution >= 4 is 0 Å². The molecule has 2 heteroatoms. The quantitative estimate of drug-likeness (QED) is 0.727. The van der Waals surface area contributed by atoms with Gasteiger partial charge in [-0.25, -0.2) is 0 Å². The fourth-order valence-electron chi connectivity index (χ4n) is 3.45. The van der Waals surface area contributed by atoms with Gasteiger partial charge in [0.15, 0.2) is 0 Å². The molecule has 0 saturated carbocycles. The topological polar surface area (TPSA) is 6.48 Å². The number of rotatable bonds is 3. The van der Waals surface area contributed by atoms with Crippen molar-refractivity contribution in [2.45, 2.75) is 64.5 Å². The molecule has 2 saturated heterocycles. The van der Waals surface area contributed by atoms with Gasteiger partial charge in [-0.05, 0) is 65.2 Å². The monoisotopic (exact) mass is 224 g/mol. The number of hydrogen-bond donors (Lipinski definition) is 0. The van der Waals surface area contributed by atoms with Crippen molar-refractivity contribution in [2.75, 3.05) is 26.2 Å². The third-order valence-electron chi connectivity index (χ3n) is 4.42. The zero-order valence-corrected chi connectivity index (χ0v) is 11.1. The highest BCUT2D eigenvalue weighted by atomic mass is 15.2. The minimum atomic E-state index is 0.844. The normalized spacial score (nSPS) is 30.8. The largest absolute Gasteiger partial charge is 0.303 e. The molecule has 0 unspecified atom stereocenters. The van der Waals surface area contributed by atoms with Crippen LogP contribution in [-0.4, -0.2) is 48.1 Å². The molecule has 0 aliphatic carbocycles. The summed E-state index contributed by atoms with van der Waals surface area (Å²) in [7, 11) is 0. The Kier molecular flexibility index (Phi) is 4.66. The minimum Gasteiger partial charge on any atom is -0.303 e. The van der Waals surface area contributed by atoms with Crippen LogP contribution in [0.1, 0.15) is 52.4 Å². The zero-order chi connectivity index (χ0) is 11.4. The number of likely N-dealkylation sites (tertiary alicyclic amines) is 2. The van der Waals surface area contributed by atoms with Crippen LogP contribution in [0.15, 0.2) is 0 Å². The number of piperidine rings is 2. The van der Waals surface area contributed by atoms with Crippen LogP contribution in [0.4, 0.5) is 0 Å². The zero-order valence-electron chi connectivity index (χ0n) is 11.1. The minimum absolute atomic E-state index is 0.844. The second-order valence-electron chi connectivity index (χ2n) is 5.66. The van der Waals surface area contributed by atoms with Crippen LogP contribution in [0.2, 0.25) is 0 Å². The summed E-state index contributed by atoms with van der Waals surface area (Å²) in [5, 5.41) is 0. The molecule has 0 bridgehead atoms. The van der Waals surface area contributed by atoms with Crippen LogP contribution < -0.4 is 0 Å². The Hall–Kier alpha value is -0.0800. The average Bonchev–Trinajstić information content (AvgIpc) is 2.31. The van der Waals surface area contributed by atoms with Gasteiger partial charge in [-0.1, -0.05) is 13.3 Å². The van der Waals surface area contributed by atoms with Gasteiger partial charge < -0.3 is 4.90 Å².